The van der Waals surface area contributed by atoms with Crippen LogP contribution in [-0.2, 0) is 16.0 Å². The molecule has 1 aliphatic carbocycles. The van der Waals surface area contributed by atoms with E-state index in [1.807, 2.05) is 6.07 Å². The predicted molar refractivity (Wildman–Crippen MR) is 132 cm³/mol. The van der Waals surface area contributed by atoms with Crippen molar-refractivity contribution in [1.82, 2.24) is 15.6 Å². The number of carbonyl (C=O) groups excluding carboxylic acids is 2. The van der Waals surface area contributed by atoms with Crippen LogP contribution < -0.4 is 10.6 Å². The SMILES string of the molecule is CCC(=O)NC(Cc1nc2ccc(C(C)C)cc2s1)C(=O)NC(CN=[N+]=[N-])C1CCCCC1. The zero-order valence-electron chi connectivity index (χ0n) is 19.7. The van der Waals surface area contributed by atoms with E-state index >= 15 is 0 Å². The maximum absolute atomic E-state index is 13.3. The number of benzene rings is 1. The van der Waals surface area contributed by atoms with Crippen molar-refractivity contribution in [2.45, 2.75) is 83.7 Å². The number of nitrogens with one attached hydrogen (secondary N) is 2. The highest BCUT2D eigenvalue weighted by Crippen LogP contribution is 2.28. The molecule has 178 valence electrons. The molecule has 1 fully saturated rings. The summed E-state index contributed by atoms with van der Waals surface area (Å²) in [5.74, 6) is 0.285. The molecule has 9 heteroatoms. The lowest BCUT2D eigenvalue weighted by Crippen LogP contribution is -2.53. The summed E-state index contributed by atoms with van der Waals surface area (Å²) in [6, 6.07) is 5.31. The third-order valence-electron chi connectivity index (χ3n) is 6.36. The van der Waals surface area contributed by atoms with Gasteiger partial charge in [0, 0.05) is 30.3 Å². The Bertz CT molecular complexity index is 1010. The van der Waals surface area contributed by atoms with Crippen LogP contribution in [0.5, 0.6) is 0 Å². The van der Waals surface area contributed by atoms with Gasteiger partial charge in [-0.2, -0.15) is 0 Å². The molecule has 1 aromatic heterocycles. The van der Waals surface area contributed by atoms with Gasteiger partial charge in [0.25, 0.3) is 0 Å². The number of azide groups is 1. The van der Waals surface area contributed by atoms with Crippen LogP contribution in [0, 0.1) is 5.92 Å². The van der Waals surface area contributed by atoms with E-state index in [4.69, 9.17) is 10.5 Å². The molecule has 0 aliphatic heterocycles. The maximum Gasteiger partial charge on any atom is 0.243 e. The quantitative estimate of drug-likeness (QED) is 0.281. The van der Waals surface area contributed by atoms with Crippen molar-refractivity contribution in [3.8, 4) is 0 Å². The first-order chi connectivity index (χ1) is 15.9. The van der Waals surface area contributed by atoms with Crippen molar-refractivity contribution in [2.75, 3.05) is 6.54 Å². The molecule has 2 aromatic rings. The Morgan fingerprint density at radius 3 is 2.67 bits per heavy atom. The number of thiazole rings is 1. The molecule has 1 saturated carbocycles. The van der Waals surface area contributed by atoms with Gasteiger partial charge >= 0.3 is 0 Å². The monoisotopic (exact) mass is 470 g/mol. The Balaban J connectivity index is 1.78. The number of fused-ring (bicyclic) bond motifs is 1. The summed E-state index contributed by atoms with van der Waals surface area (Å²) >= 11 is 1.56. The van der Waals surface area contributed by atoms with E-state index < -0.39 is 6.04 Å². The Hall–Kier alpha value is -2.64. The van der Waals surface area contributed by atoms with Crippen molar-refractivity contribution >= 4 is 33.4 Å². The van der Waals surface area contributed by atoms with Gasteiger partial charge in [-0.3, -0.25) is 9.59 Å². The summed E-state index contributed by atoms with van der Waals surface area (Å²) in [7, 11) is 0. The van der Waals surface area contributed by atoms with Gasteiger partial charge in [-0.05, 0) is 47.9 Å². The fraction of sp³-hybridized carbons (Fsp3) is 0.625. The van der Waals surface area contributed by atoms with E-state index in [-0.39, 0.29) is 30.3 Å². The van der Waals surface area contributed by atoms with Gasteiger partial charge < -0.3 is 10.6 Å². The van der Waals surface area contributed by atoms with Crippen LogP contribution in [0.2, 0.25) is 0 Å². The van der Waals surface area contributed by atoms with Crippen LogP contribution >= 0.6 is 11.3 Å². The van der Waals surface area contributed by atoms with E-state index in [0.29, 0.717) is 18.8 Å². The number of amides is 2. The summed E-state index contributed by atoms with van der Waals surface area (Å²) in [4.78, 5) is 33.1. The van der Waals surface area contributed by atoms with Crippen LogP contribution in [0.25, 0.3) is 20.7 Å². The Labute approximate surface area is 199 Å². The van der Waals surface area contributed by atoms with Gasteiger partial charge in [0.2, 0.25) is 11.8 Å². The lowest BCUT2D eigenvalue weighted by atomic mass is 9.83. The van der Waals surface area contributed by atoms with Crippen molar-refractivity contribution in [1.29, 1.82) is 0 Å². The van der Waals surface area contributed by atoms with Gasteiger partial charge in [0.05, 0.1) is 15.2 Å². The Morgan fingerprint density at radius 2 is 2.00 bits per heavy atom. The fourth-order valence-electron chi connectivity index (χ4n) is 4.37. The van der Waals surface area contributed by atoms with Crippen LogP contribution in [0.1, 0.15) is 75.8 Å². The summed E-state index contributed by atoms with van der Waals surface area (Å²) in [5, 5.41) is 10.5. The standard InChI is InChI=1S/C24H34N6O2S/c1-4-22(31)27-19(13-23-28-18-11-10-17(15(2)3)12-21(18)33-23)24(32)29-20(14-26-30-25)16-8-6-5-7-9-16/h10-12,15-16,19-20H,4-9,13-14H2,1-3H3,(H,27,31)(H,29,32). The highest BCUT2D eigenvalue weighted by atomic mass is 32.1. The Kier molecular flexibility index (Phi) is 9.09. The second kappa shape index (κ2) is 12.0. The molecule has 0 radical (unpaired) electrons. The third-order valence-corrected chi connectivity index (χ3v) is 7.40. The second-order valence-electron chi connectivity index (χ2n) is 9.09. The first-order valence-corrected chi connectivity index (χ1v) is 12.7. The summed E-state index contributed by atoms with van der Waals surface area (Å²) in [6.45, 7) is 6.30. The summed E-state index contributed by atoms with van der Waals surface area (Å²) in [5.41, 5.74) is 11.0. The Morgan fingerprint density at radius 1 is 1.24 bits per heavy atom. The molecule has 0 spiro atoms. The lowest BCUT2D eigenvalue weighted by molar-refractivity contribution is -0.129. The molecule has 2 N–H and O–H groups in total. The van der Waals surface area contributed by atoms with E-state index in [1.165, 1.54) is 12.0 Å². The largest absolute Gasteiger partial charge is 0.351 e. The van der Waals surface area contributed by atoms with Crippen molar-refractivity contribution < 1.29 is 9.59 Å². The number of rotatable bonds is 10. The van der Waals surface area contributed by atoms with Crippen molar-refractivity contribution in [3.63, 3.8) is 0 Å². The highest BCUT2D eigenvalue weighted by molar-refractivity contribution is 7.18. The molecule has 1 aromatic carbocycles. The minimum Gasteiger partial charge on any atom is -0.351 e. The molecule has 1 heterocycles. The van der Waals surface area contributed by atoms with E-state index in [0.717, 1.165) is 40.9 Å². The molecule has 33 heavy (non-hydrogen) atoms. The van der Waals surface area contributed by atoms with E-state index in [1.54, 1.807) is 18.3 Å². The average Bonchev–Trinajstić information content (AvgIpc) is 3.23. The zero-order chi connectivity index (χ0) is 23.8. The van der Waals surface area contributed by atoms with Gasteiger partial charge in [-0.1, -0.05) is 51.2 Å². The molecule has 0 bridgehead atoms. The molecule has 2 amide bonds. The zero-order valence-corrected chi connectivity index (χ0v) is 20.5. The smallest absolute Gasteiger partial charge is 0.243 e. The third kappa shape index (κ3) is 6.92. The van der Waals surface area contributed by atoms with Gasteiger partial charge in [-0.25, -0.2) is 4.98 Å². The number of hydrogen-bond acceptors (Lipinski definition) is 5. The van der Waals surface area contributed by atoms with Crippen molar-refractivity contribution in [3.05, 3.63) is 39.2 Å². The van der Waals surface area contributed by atoms with Crippen LogP contribution in [-0.4, -0.2) is 35.4 Å². The molecule has 3 rings (SSSR count). The van der Waals surface area contributed by atoms with Gasteiger partial charge in [-0.15, -0.1) is 11.3 Å². The minimum atomic E-state index is -0.722. The number of hydrogen-bond donors (Lipinski definition) is 2. The first kappa shape index (κ1) is 25.0. The maximum atomic E-state index is 13.3. The molecule has 2 unspecified atom stereocenters. The summed E-state index contributed by atoms with van der Waals surface area (Å²) < 4.78 is 1.08. The molecular formula is C24H34N6O2S. The molecule has 0 saturated heterocycles. The predicted octanol–water partition coefficient (Wildman–Crippen LogP) is 5.23. The topological polar surface area (TPSA) is 120 Å². The van der Waals surface area contributed by atoms with Crippen molar-refractivity contribution in [2.24, 2.45) is 11.0 Å². The average molecular weight is 471 g/mol. The molecule has 1 aliphatic rings. The summed E-state index contributed by atoms with van der Waals surface area (Å²) in [6.07, 6.45) is 6.08. The first-order valence-electron chi connectivity index (χ1n) is 11.9. The molecule has 8 nitrogen and oxygen atoms in total. The van der Waals surface area contributed by atoms with E-state index in [9.17, 15) is 9.59 Å². The fourth-order valence-corrected chi connectivity index (χ4v) is 5.43. The van der Waals surface area contributed by atoms with Gasteiger partial charge in [0.15, 0.2) is 0 Å². The molecule has 2 atom stereocenters. The van der Waals surface area contributed by atoms with Crippen LogP contribution in [0.3, 0.4) is 0 Å². The number of aromatic nitrogens is 1. The normalized spacial score (nSPS) is 16.2. The minimum absolute atomic E-state index is 0.178. The van der Waals surface area contributed by atoms with E-state index in [2.05, 4.69) is 46.6 Å². The number of nitrogens with zero attached hydrogens (tertiary/aromatic N) is 4. The van der Waals surface area contributed by atoms with Crippen LogP contribution in [0.15, 0.2) is 23.3 Å². The number of carbonyl (C=O) groups is 2. The lowest BCUT2D eigenvalue weighted by Gasteiger charge is -2.31. The second-order valence-corrected chi connectivity index (χ2v) is 10.2. The molecular weight excluding hydrogens is 436 g/mol. The van der Waals surface area contributed by atoms with Crippen LogP contribution in [0.4, 0.5) is 0 Å². The van der Waals surface area contributed by atoms with Gasteiger partial charge in [0.1, 0.15) is 6.04 Å². The highest BCUT2D eigenvalue weighted by Gasteiger charge is 2.29.